The van der Waals surface area contributed by atoms with Gasteiger partial charge in [0.05, 0.1) is 0 Å². The summed E-state index contributed by atoms with van der Waals surface area (Å²) in [4.78, 5) is 5.09. The van der Waals surface area contributed by atoms with Crippen molar-refractivity contribution in [3.8, 4) is 11.8 Å². The van der Waals surface area contributed by atoms with Crippen LogP contribution in [0.2, 0.25) is 0 Å². The molecule has 1 aliphatic rings. The minimum absolute atomic E-state index is 0.425. The SMILES string of the molecule is N#CC1=Cc2ccccc2ON1. The molecule has 0 saturated heterocycles. The molecule has 0 radical (unpaired) electrons. The van der Waals surface area contributed by atoms with Crippen molar-refractivity contribution >= 4 is 6.08 Å². The molecule has 0 bridgehead atoms. The minimum Gasteiger partial charge on any atom is -0.381 e. The molecule has 0 atom stereocenters. The van der Waals surface area contributed by atoms with Crippen molar-refractivity contribution in [2.45, 2.75) is 0 Å². The van der Waals surface area contributed by atoms with Gasteiger partial charge in [-0.2, -0.15) is 5.26 Å². The second-order valence-corrected chi connectivity index (χ2v) is 2.41. The molecule has 0 aliphatic carbocycles. The zero-order valence-corrected chi connectivity index (χ0v) is 6.24. The van der Waals surface area contributed by atoms with Crippen LogP contribution >= 0.6 is 0 Å². The molecular weight excluding hydrogens is 152 g/mol. The summed E-state index contributed by atoms with van der Waals surface area (Å²) in [6, 6.07) is 9.49. The Bertz CT molecular complexity index is 376. The van der Waals surface area contributed by atoms with E-state index in [-0.39, 0.29) is 0 Å². The molecule has 0 unspecified atom stereocenters. The molecule has 0 spiro atoms. The zero-order valence-electron chi connectivity index (χ0n) is 6.24. The van der Waals surface area contributed by atoms with Crippen molar-refractivity contribution in [2.75, 3.05) is 0 Å². The molecule has 3 nitrogen and oxygen atoms in total. The molecule has 1 aromatic carbocycles. The van der Waals surface area contributed by atoms with Crippen LogP contribution in [0.5, 0.6) is 5.75 Å². The lowest BCUT2D eigenvalue weighted by Gasteiger charge is -2.14. The van der Waals surface area contributed by atoms with Crippen LogP contribution in [0.4, 0.5) is 0 Å². The van der Waals surface area contributed by atoms with Crippen LogP contribution in [0.25, 0.3) is 6.08 Å². The third-order valence-electron chi connectivity index (χ3n) is 1.61. The monoisotopic (exact) mass is 158 g/mol. The van der Waals surface area contributed by atoms with Gasteiger partial charge in [-0.25, -0.2) is 5.48 Å². The zero-order chi connectivity index (χ0) is 8.39. The molecule has 58 valence electrons. The predicted molar refractivity (Wildman–Crippen MR) is 43.8 cm³/mol. The summed E-state index contributed by atoms with van der Waals surface area (Å²) in [5, 5.41) is 8.56. The number of fused-ring (bicyclic) bond motifs is 1. The van der Waals surface area contributed by atoms with E-state index in [1.165, 1.54) is 0 Å². The van der Waals surface area contributed by atoms with Crippen LogP contribution in [-0.4, -0.2) is 0 Å². The van der Waals surface area contributed by atoms with E-state index in [2.05, 4.69) is 5.48 Å². The van der Waals surface area contributed by atoms with Crippen LogP contribution in [0.3, 0.4) is 0 Å². The van der Waals surface area contributed by atoms with Crippen LogP contribution in [0.15, 0.2) is 30.0 Å². The Hall–Kier alpha value is -1.95. The molecule has 0 saturated carbocycles. The fourth-order valence-electron chi connectivity index (χ4n) is 1.04. The van der Waals surface area contributed by atoms with E-state index in [4.69, 9.17) is 10.1 Å². The van der Waals surface area contributed by atoms with Gasteiger partial charge in [0, 0.05) is 5.56 Å². The van der Waals surface area contributed by atoms with Crippen LogP contribution in [-0.2, 0) is 0 Å². The third-order valence-corrected chi connectivity index (χ3v) is 1.61. The Morgan fingerprint density at radius 1 is 1.33 bits per heavy atom. The smallest absolute Gasteiger partial charge is 0.162 e. The fourth-order valence-corrected chi connectivity index (χ4v) is 1.04. The van der Waals surface area contributed by atoms with Gasteiger partial charge < -0.3 is 4.84 Å². The van der Waals surface area contributed by atoms with Crippen molar-refractivity contribution in [2.24, 2.45) is 0 Å². The first kappa shape index (κ1) is 6.74. The Balaban J connectivity index is 2.49. The molecule has 0 fully saturated rings. The van der Waals surface area contributed by atoms with Crippen LogP contribution in [0, 0.1) is 11.3 Å². The number of nitriles is 1. The van der Waals surface area contributed by atoms with Crippen LogP contribution < -0.4 is 10.3 Å². The van der Waals surface area contributed by atoms with E-state index >= 15 is 0 Å². The lowest BCUT2D eigenvalue weighted by atomic mass is 10.1. The summed E-state index contributed by atoms with van der Waals surface area (Å²) < 4.78 is 0. The summed E-state index contributed by atoms with van der Waals surface area (Å²) in [5.41, 5.74) is 3.87. The molecule has 1 N–H and O–H groups in total. The average molecular weight is 158 g/mol. The summed E-state index contributed by atoms with van der Waals surface area (Å²) in [5.74, 6) is 0.747. The maximum Gasteiger partial charge on any atom is 0.162 e. The molecule has 3 heteroatoms. The largest absolute Gasteiger partial charge is 0.381 e. The second kappa shape index (κ2) is 2.59. The highest BCUT2D eigenvalue weighted by molar-refractivity contribution is 5.63. The van der Waals surface area contributed by atoms with Crippen molar-refractivity contribution in [1.29, 1.82) is 5.26 Å². The molecule has 2 rings (SSSR count). The van der Waals surface area contributed by atoms with E-state index in [0.717, 1.165) is 11.3 Å². The highest BCUT2D eigenvalue weighted by atomic mass is 16.6. The molecule has 1 heterocycles. The standard InChI is InChI=1S/C9H6N2O/c10-6-8-5-7-3-1-2-4-9(7)12-11-8/h1-5,11H. The van der Waals surface area contributed by atoms with Crippen molar-refractivity contribution < 1.29 is 4.84 Å². The number of hydroxylamine groups is 1. The third kappa shape index (κ3) is 0.995. The van der Waals surface area contributed by atoms with E-state index in [1.54, 1.807) is 6.08 Å². The van der Waals surface area contributed by atoms with E-state index in [9.17, 15) is 0 Å². The summed E-state index contributed by atoms with van der Waals surface area (Å²) in [6.07, 6.45) is 1.75. The summed E-state index contributed by atoms with van der Waals surface area (Å²) in [6.45, 7) is 0. The quantitative estimate of drug-likeness (QED) is 0.621. The first-order chi connectivity index (χ1) is 5.90. The van der Waals surface area contributed by atoms with Gasteiger partial charge in [0.15, 0.2) is 5.75 Å². The summed E-state index contributed by atoms with van der Waals surface area (Å²) in [7, 11) is 0. The fraction of sp³-hybridized carbons (Fsp3) is 0. The highest BCUT2D eigenvalue weighted by Crippen LogP contribution is 2.22. The van der Waals surface area contributed by atoms with Crippen molar-refractivity contribution in [3.63, 3.8) is 0 Å². The van der Waals surface area contributed by atoms with Crippen LogP contribution in [0.1, 0.15) is 5.56 Å². The Kier molecular flexibility index (Phi) is 1.45. The number of nitrogens with zero attached hydrogens (tertiary/aromatic N) is 1. The van der Waals surface area contributed by atoms with Gasteiger partial charge in [-0.15, -0.1) is 0 Å². The first-order valence-electron chi connectivity index (χ1n) is 3.54. The number of allylic oxidation sites excluding steroid dienone is 1. The van der Waals surface area contributed by atoms with Gasteiger partial charge in [-0.05, 0) is 12.1 Å². The number of hydrogen-bond acceptors (Lipinski definition) is 3. The summed E-state index contributed by atoms with van der Waals surface area (Å²) >= 11 is 0. The average Bonchev–Trinajstić information content (AvgIpc) is 2.17. The highest BCUT2D eigenvalue weighted by Gasteiger charge is 2.08. The molecule has 1 aliphatic heterocycles. The molecule has 12 heavy (non-hydrogen) atoms. The number of rotatable bonds is 0. The minimum atomic E-state index is 0.425. The van der Waals surface area contributed by atoms with Gasteiger partial charge in [0.2, 0.25) is 0 Å². The predicted octanol–water partition coefficient (Wildman–Crippen LogP) is 1.45. The maximum atomic E-state index is 8.56. The lowest BCUT2D eigenvalue weighted by Crippen LogP contribution is -2.20. The molecule has 0 aromatic heterocycles. The lowest BCUT2D eigenvalue weighted by molar-refractivity contribution is 0.230. The number of para-hydroxylation sites is 1. The van der Waals surface area contributed by atoms with Crippen molar-refractivity contribution in [1.82, 2.24) is 5.48 Å². The first-order valence-corrected chi connectivity index (χ1v) is 3.54. The van der Waals surface area contributed by atoms with Gasteiger partial charge in [0.1, 0.15) is 11.8 Å². The molecular formula is C9H6N2O. The number of nitrogens with one attached hydrogen (secondary N) is 1. The van der Waals surface area contributed by atoms with Gasteiger partial charge in [-0.1, -0.05) is 18.2 Å². The second-order valence-electron chi connectivity index (χ2n) is 2.41. The topological polar surface area (TPSA) is 45.0 Å². The molecule has 1 aromatic rings. The Morgan fingerprint density at radius 3 is 3.00 bits per heavy atom. The van der Waals surface area contributed by atoms with Gasteiger partial charge in [-0.3, -0.25) is 0 Å². The normalized spacial score (nSPS) is 13.1. The number of benzene rings is 1. The Morgan fingerprint density at radius 2 is 2.17 bits per heavy atom. The van der Waals surface area contributed by atoms with E-state index in [1.807, 2.05) is 30.3 Å². The van der Waals surface area contributed by atoms with E-state index in [0.29, 0.717) is 5.70 Å². The maximum absolute atomic E-state index is 8.56. The molecule has 0 amide bonds. The Labute approximate surface area is 69.8 Å². The van der Waals surface area contributed by atoms with Gasteiger partial charge >= 0.3 is 0 Å². The van der Waals surface area contributed by atoms with E-state index < -0.39 is 0 Å². The number of hydrogen-bond donors (Lipinski definition) is 1. The van der Waals surface area contributed by atoms with Gasteiger partial charge in [0.25, 0.3) is 0 Å². The van der Waals surface area contributed by atoms with Crippen molar-refractivity contribution in [3.05, 3.63) is 35.5 Å².